The number of piperidine rings is 1. The molecule has 0 unspecified atom stereocenters. The molecule has 0 spiro atoms. The van der Waals surface area contributed by atoms with E-state index in [0.717, 1.165) is 24.8 Å². The van der Waals surface area contributed by atoms with Crippen LogP contribution in [0.4, 0.5) is 0 Å². The SMILES string of the molecule is CC[C@@H](NC(=O)C1CCN(C(C)=O)CC1)c1ccc(C)cc1. The zero-order valence-corrected chi connectivity index (χ0v) is 13.8. The van der Waals surface area contributed by atoms with Gasteiger partial charge in [-0.15, -0.1) is 0 Å². The predicted molar refractivity (Wildman–Crippen MR) is 87.3 cm³/mol. The first-order valence-electron chi connectivity index (χ1n) is 8.13. The third kappa shape index (κ3) is 4.09. The van der Waals surface area contributed by atoms with E-state index in [-0.39, 0.29) is 23.8 Å². The standard InChI is InChI=1S/C18H26N2O2/c1-4-17(15-7-5-13(2)6-8-15)19-18(22)16-9-11-20(12-10-16)14(3)21/h5-8,16-17H,4,9-12H2,1-3H3,(H,19,22)/t17-/m1/s1. The van der Waals surface area contributed by atoms with Gasteiger partial charge in [-0.2, -0.15) is 0 Å². The van der Waals surface area contributed by atoms with Gasteiger partial charge in [-0.1, -0.05) is 36.8 Å². The van der Waals surface area contributed by atoms with Crippen molar-refractivity contribution in [1.82, 2.24) is 10.2 Å². The number of hydrogen-bond donors (Lipinski definition) is 1. The maximum absolute atomic E-state index is 12.5. The van der Waals surface area contributed by atoms with Crippen molar-refractivity contribution in [3.63, 3.8) is 0 Å². The Balaban J connectivity index is 1.93. The molecule has 0 saturated carbocycles. The van der Waals surface area contributed by atoms with E-state index in [1.54, 1.807) is 6.92 Å². The van der Waals surface area contributed by atoms with Gasteiger partial charge in [-0.3, -0.25) is 9.59 Å². The number of hydrogen-bond acceptors (Lipinski definition) is 2. The molecule has 1 N–H and O–H groups in total. The topological polar surface area (TPSA) is 49.4 Å². The molecular formula is C18H26N2O2. The highest BCUT2D eigenvalue weighted by Crippen LogP contribution is 2.21. The van der Waals surface area contributed by atoms with Crippen LogP contribution in [0, 0.1) is 12.8 Å². The summed E-state index contributed by atoms with van der Waals surface area (Å²) in [7, 11) is 0. The minimum atomic E-state index is 0.0232. The highest BCUT2D eigenvalue weighted by molar-refractivity contribution is 5.80. The number of aryl methyl sites for hydroxylation is 1. The third-order valence-corrected chi connectivity index (χ3v) is 4.52. The Morgan fingerprint density at radius 3 is 2.32 bits per heavy atom. The van der Waals surface area contributed by atoms with Crippen LogP contribution in [-0.2, 0) is 9.59 Å². The van der Waals surface area contributed by atoms with Crippen LogP contribution in [-0.4, -0.2) is 29.8 Å². The van der Waals surface area contributed by atoms with Crippen molar-refractivity contribution in [2.24, 2.45) is 5.92 Å². The van der Waals surface area contributed by atoms with Crippen molar-refractivity contribution in [1.29, 1.82) is 0 Å². The monoisotopic (exact) mass is 302 g/mol. The fraction of sp³-hybridized carbons (Fsp3) is 0.556. The number of carbonyl (C=O) groups excluding carboxylic acids is 2. The molecule has 2 amide bonds. The molecular weight excluding hydrogens is 276 g/mol. The molecule has 0 aliphatic carbocycles. The van der Waals surface area contributed by atoms with Gasteiger partial charge in [0.05, 0.1) is 6.04 Å². The zero-order chi connectivity index (χ0) is 16.1. The number of amides is 2. The Bertz CT molecular complexity index is 516. The largest absolute Gasteiger partial charge is 0.349 e. The quantitative estimate of drug-likeness (QED) is 0.930. The molecule has 1 aromatic carbocycles. The van der Waals surface area contributed by atoms with Crippen molar-refractivity contribution in [2.45, 2.75) is 46.1 Å². The van der Waals surface area contributed by atoms with Gasteiger partial charge >= 0.3 is 0 Å². The van der Waals surface area contributed by atoms with Gasteiger partial charge in [0.15, 0.2) is 0 Å². The minimum Gasteiger partial charge on any atom is -0.349 e. The molecule has 4 nitrogen and oxygen atoms in total. The second-order valence-corrected chi connectivity index (χ2v) is 6.16. The van der Waals surface area contributed by atoms with Gasteiger partial charge in [0.2, 0.25) is 11.8 Å². The lowest BCUT2D eigenvalue weighted by molar-refractivity contribution is -0.134. The van der Waals surface area contributed by atoms with Crippen LogP contribution >= 0.6 is 0 Å². The van der Waals surface area contributed by atoms with E-state index in [4.69, 9.17) is 0 Å². The number of likely N-dealkylation sites (tertiary alicyclic amines) is 1. The number of benzene rings is 1. The van der Waals surface area contributed by atoms with E-state index in [1.165, 1.54) is 5.56 Å². The normalized spacial score (nSPS) is 17.1. The Labute approximate surface area is 132 Å². The second-order valence-electron chi connectivity index (χ2n) is 6.16. The molecule has 1 aromatic rings. The molecule has 0 aromatic heterocycles. The summed E-state index contributed by atoms with van der Waals surface area (Å²) in [6.45, 7) is 7.11. The molecule has 1 fully saturated rings. The van der Waals surface area contributed by atoms with Crippen LogP contribution in [0.15, 0.2) is 24.3 Å². The van der Waals surface area contributed by atoms with Gasteiger partial charge in [0, 0.05) is 25.9 Å². The maximum atomic E-state index is 12.5. The summed E-state index contributed by atoms with van der Waals surface area (Å²) >= 11 is 0. The summed E-state index contributed by atoms with van der Waals surface area (Å²) in [6, 6.07) is 8.40. The molecule has 4 heteroatoms. The number of rotatable bonds is 4. The lowest BCUT2D eigenvalue weighted by atomic mass is 9.94. The van der Waals surface area contributed by atoms with Gasteiger partial charge in [0.1, 0.15) is 0 Å². The molecule has 0 bridgehead atoms. The smallest absolute Gasteiger partial charge is 0.223 e. The van der Waals surface area contributed by atoms with E-state index in [0.29, 0.717) is 13.1 Å². The number of nitrogens with one attached hydrogen (secondary N) is 1. The van der Waals surface area contributed by atoms with Crippen molar-refractivity contribution in [3.8, 4) is 0 Å². The first-order chi connectivity index (χ1) is 10.5. The zero-order valence-electron chi connectivity index (χ0n) is 13.8. The minimum absolute atomic E-state index is 0.0232. The predicted octanol–water partition coefficient (Wildman–Crippen LogP) is 2.82. The maximum Gasteiger partial charge on any atom is 0.223 e. The van der Waals surface area contributed by atoms with Crippen LogP contribution < -0.4 is 5.32 Å². The number of nitrogens with zero attached hydrogens (tertiary/aromatic N) is 1. The van der Waals surface area contributed by atoms with Gasteiger partial charge in [0.25, 0.3) is 0 Å². The van der Waals surface area contributed by atoms with Crippen molar-refractivity contribution in [2.75, 3.05) is 13.1 Å². The number of carbonyl (C=O) groups is 2. The Morgan fingerprint density at radius 1 is 1.23 bits per heavy atom. The first-order valence-corrected chi connectivity index (χ1v) is 8.13. The van der Waals surface area contributed by atoms with E-state index < -0.39 is 0 Å². The van der Waals surface area contributed by atoms with Gasteiger partial charge < -0.3 is 10.2 Å². The summed E-state index contributed by atoms with van der Waals surface area (Å²) in [4.78, 5) is 25.6. The van der Waals surface area contributed by atoms with E-state index in [1.807, 2.05) is 4.90 Å². The third-order valence-electron chi connectivity index (χ3n) is 4.52. The molecule has 1 heterocycles. The van der Waals surface area contributed by atoms with E-state index >= 15 is 0 Å². The molecule has 1 saturated heterocycles. The first kappa shape index (κ1) is 16.5. The summed E-state index contributed by atoms with van der Waals surface area (Å²) in [6.07, 6.45) is 2.40. The second kappa shape index (κ2) is 7.43. The van der Waals surface area contributed by atoms with Crippen LogP contribution in [0.25, 0.3) is 0 Å². The average molecular weight is 302 g/mol. The molecule has 1 atom stereocenters. The van der Waals surface area contributed by atoms with E-state index in [9.17, 15) is 9.59 Å². The van der Waals surface area contributed by atoms with Crippen LogP contribution in [0.3, 0.4) is 0 Å². The molecule has 0 radical (unpaired) electrons. The highest BCUT2D eigenvalue weighted by Gasteiger charge is 2.27. The summed E-state index contributed by atoms with van der Waals surface area (Å²) in [5.74, 6) is 0.246. The van der Waals surface area contributed by atoms with E-state index in [2.05, 4.69) is 43.4 Å². The van der Waals surface area contributed by atoms with Crippen molar-refractivity contribution >= 4 is 11.8 Å². The lowest BCUT2D eigenvalue weighted by Gasteiger charge is -2.31. The molecule has 1 aliphatic rings. The molecule has 120 valence electrons. The lowest BCUT2D eigenvalue weighted by Crippen LogP contribution is -2.43. The Hall–Kier alpha value is -1.84. The average Bonchev–Trinajstić information content (AvgIpc) is 2.53. The van der Waals surface area contributed by atoms with Crippen molar-refractivity contribution < 1.29 is 9.59 Å². The van der Waals surface area contributed by atoms with Crippen molar-refractivity contribution in [3.05, 3.63) is 35.4 Å². The van der Waals surface area contributed by atoms with Crippen LogP contribution in [0.1, 0.15) is 50.3 Å². The fourth-order valence-electron chi connectivity index (χ4n) is 2.97. The highest BCUT2D eigenvalue weighted by atomic mass is 16.2. The van der Waals surface area contributed by atoms with Crippen LogP contribution in [0.2, 0.25) is 0 Å². The Kier molecular flexibility index (Phi) is 5.58. The molecule has 1 aliphatic heterocycles. The fourth-order valence-corrected chi connectivity index (χ4v) is 2.97. The van der Waals surface area contributed by atoms with Crippen LogP contribution in [0.5, 0.6) is 0 Å². The summed E-state index contributed by atoms with van der Waals surface area (Å²) < 4.78 is 0. The summed E-state index contributed by atoms with van der Waals surface area (Å²) in [5.41, 5.74) is 2.38. The molecule has 2 rings (SSSR count). The van der Waals surface area contributed by atoms with Gasteiger partial charge in [-0.25, -0.2) is 0 Å². The Morgan fingerprint density at radius 2 is 1.82 bits per heavy atom. The van der Waals surface area contributed by atoms with Gasteiger partial charge in [-0.05, 0) is 31.7 Å². The summed E-state index contributed by atoms with van der Waals surface area (Å²) in [5, 5.41) is 3.17. The molecule has 22 heavy (non-hydrogen) atoms.